The van der Waals surface area contributed by atoms with Crippen LogP contribution in [0.5, 0.6) is 0 Å². The highest BCUT2D eigenvalue weighted by molar-refractivity contribution is 8.45. The number of amides is 2. The summed E-state index contributed by atoms with van der Waals surface area (Å²) in [7, 11) is -10.1. The number of nitrogens with one attached hydrogen (secondary N) is 1. The summed E-state index contributed by atoms with van der Waals surface area (Å²) in [5.41, 5.74) is -6.08. The molecule has 212 valence electrons. The molecule has 0 spiro atoms. The van der Waals surface area contributed by atoms with Gasteiger partial charge in [-0.3, -0.25) is 19.2 Å². The molecule has 2 amide bonds. The van der Waals surface area contributed by atoms with Gasteiger partial charge < -0.3 is 5.32 Å². The Morgan fingerprint density at radius 1 is 1.08 bits per heavy atom. The first-order valence-electron chi connectivity index (χ1n) is 10.4. The summed E-state index contributed by atoms with van der Waals surface area (Å²) in [5, 5.41) is 2.37. The molecule has 1 aliphatic rings. The minimum atomic E-state index is -10.1. The van der Waals surface area contributed by atoms with Crippen LogP contribution in [0.1, 0.15) is 25.3 Å². The number of benzene rings is 1. The van der Waals surface area contributed by atoms with E-state index in [4.69, 9.17) is 11.6 Å². The highest BCUT2D eigenvalue weighted by Gasteiger charge is 2.65. The van der Waals surface area contributed by atoms with Gasteiger partial charge in [0, 0.05) is 29.7 Å². The SMILES string of the molecule is C[C@](C(=O)NC1CC(OC(F)(F)F)C1)(c1cncnc1)N(C(=O)[C@H](F)Cl)c1ccc(S(F)(F)(F)(F)F)cc1. The molecule has 2 aromatic rings. The van der Waals surface area contributed by atoms with Gasteiger partial charge in [0.1, 0.15) is 11.2 Å². The van der Waals surface area contributed by atoms with E-state index in [1.165, 1.54) is 0 Å². The molecule has 38 heavy (non-hydrogen) atoms. The number of carbonyl (C=O) groups excluding carboxylic acids is 2. The topological polar surface area (TPSA) is 84.4 Å². The van der Waals surface area contributed by atoms with Crippen molar-refractivity contribution in [3.63, 3.8) is 0 Å². The number of nitrogens with zero attached hydrogens (tertiary/aromatic N) is 3. The second-order valence-corrected chi connectivity index (χ2v) is 11.3. The molecule has 7 nitrogen and oxygen atoms in total. The highest BCUT2D eigenvalue weighted by atomic mass is 35.5. The average molecular weight is 601 g/mol. The maximum Gasteiger partial charge on any atom is 0.522 e. The first kappa shape index (κ1) is 29.8. The summed E-state index contributed by atoms with van der Waals surface area (Å²) < 4.78 is 121. The van der Waals surface area contributed by atoms with E-state index < -0.39 is 62.3 Å². The molecule has 18 heteroatoms. The largest absolute Gasteiger partial charge is 0.522 e. The van der Waals surface area contributed by atoms with Crippen LogP contribution in [-0.2, 0) is 19.9 Å². The third-order valence-corrected chi connectivity index (χ3v) is 7.04. The lowest BCUT2D eigenvalue weighted by molar-refractivity contribution is -0.351. The molecule has 0 saturated heterocycles. The summed E-state index contributed by atoms with van der Waals surface area (Å²) in [6.07, 6.45) is -3.75. The first-order valence-corrected chi connectivity index (χ1v) is 12.8. The van der Waals surface area contributed by atoms with Crippen LogP contribution >= 0.6 is 21.8 Å². The highest BCUT2D eigenvalue weighted by Crippen LogP contribution is 3.02. The Labute approximate surface area is 214 Å². The number of halogens is 10. The molecular formula is C20H18ClF9N4O3S. The van der Waals surface area contributed by atoms with Crippen molar-refractivity contribution in [1.29, 1.82) is 0 Å². The molecule has 0 bridgehead atoms. The van der Waals surface area contributed by atoms with E-state index in [9.17, 15) is 46.6 Å². The van der Waals surface area contributed by atoms with Gasteiger partial charge >= 0.3 is 16.6 Å². The number of aromatic nitrogens is 2. The second kappa shape index (κ2) is 9.15. The second-order valence-electron chi connectivity index (χ2n) is 8.46. The molecule has 1 aliphatic carbocycles. The lowest BCUT2D eigenvalue weighted by Gasteiger charge is -2.43. The van der Waals surface area contributed by atoms with Crippen molar-refractivity contribution < 1.29 is 51.3 Å². The number of alkyl halides is 5. The first-order chi connectivity index (χ1) is 17.1. The van der Waals surface area contributed by atoms with Gasteiger partial charge in [-0.1, -0.05) is 31.0 Å². The number of hydrogen-bond acceptors (Lipinski definition) is 5. The lowest BCUT2D eigenvalue weighted by Crippen LogP contribution is -2.61. The number of carbonyl (C=O) groups is 2. The van der Waals surface area contributed by atoms with Gasteiger partial charge in [-0.25, -0.2) is 14.4 Å². The van der Waals surface area contributed by atoms with Gasteiger partial charge in [-0.15, -0.1) is 13.2 Å². The summed E-state index contributed by atoms with van der Waals surface area (Å²) in [6, 6.07) is -0.178. The van der Waals surface area contributed by atoms with E-state index in [0.717, 1.165) is 25.6 Å². The smallest absolute Gasteiger partial charge is 0.351 e. The van der Waals surface area contributed by atoms with Crippen LogP contribution in [-0.4, -0.2) is 45.9 Å². The van der Waals surface area contributed by atoms with E-state index in [1.807, 2.05) is 0 Å². The molecule has 0 aliphatic heterocycles. The normalized spacial score (nSPS) is 22.2. The third-order valence-electron chi connectivity index (χ3n) is 5.69. The minimum Gasteiger partial charge on any atom is -0.351 e. The predicted octanol–water partition coefficient (Wildman–Crippen LogP) is 6.10. The van der Waals surface area contributed by atoms with Crippen molar-refractivity contribution in [3.8, 4) is 0 Å². The zero-order valence-corrected chi connectivity index (χ0v) is 20.5. The van der Waals surface area contributed by atoms with E-state index >= 15 is 0 Å². The Bertz CT molecular complexity index is 1200. The van der Waals surface area contributed by atoms with Crippen LogP contribution in [0.3, 0.4) is 0 Å². The Kier molecular flexibility index (Phi) is 7.17. The maximum atomic E-state index is 14.1. The van der Waals surface area contributed by atoms with Crippen LogP contribution in [0.25, 0.3) is 0 Å². The number of anilines is 1. The minimum absolute atomic E-state index is 0.0521. The summed E-state index contributed by atoms with van der Waals surface area (Å²) in [6.45, 7) is 1.01. The number of rotatable bonds is 8. The lowest BCUT2D eigenvalue weighted by atomic mass is 9.85. The van der Waals surface area contributed by atoms with Crippen molar-refractivity contribution in [2.45, 2.75) is 54.3 Å². The standard InChI is InChI=1S/C20H18ClF9N4O3S/c1-19(11-8-31-10-32-9-11,18(36)33-12-6-14(7-12)37-20(23,24)25)34(17(35)16(21)22)13-2-4-15(5-3-13)38(26,27,28,29)30/h2-5,8-10,12,14,16H,6-7H2,1H3,(H,33,36)/t12?,14?,16-,19+/m0/s1. The molecule has 3 rings (SSSR count). The molecule has 1 aromatic heterocycles. The summed E-state index contributed by atoms with van der Waals surface area (Å²) in [5.74, 6) is -2.80. The van der Waals surface area contributed by atoms with Crippen LogP contribution in [0.15, 0.2) is 47.9 Å². The van der Waals surface area contributed by atoms with Gasteiger partial charge in [0.2, 0.25) is 0 Å². The Morgan fingerprint density at radius 2 is 1.61 bits per heavy atom. The van der Waals surface area contributed by atoms with Gasteiger partial charge in [-0.2, -0.15) is 0 Å². The van der Waals surface area contributed by atoms with Crippen molar-refractivity contribution >= 4 is 39.3 Å². The van der Waals surface area contributed by atoms with E-state index in [2.05, 4.69) is 20.0 Å². The van der Waals surface area contributed by atoms with Crippen LogP contribution in [0.2, 0.25) is 0 Å². The van der Waals surface area contributed by atoms with E-state index in [0.29, 0.717) is 17.0 Å². The fourth-order valence-corrected chi connectivity index (χ4v) is 4.51. The number of hydrogen-bond donors (Lipinski definition) is 1. The Hall–Kier alpha value is -2.79. The zero-order valence-electron chi connectivity index (χ0n) is 18.9. The van der Waals surface area contributed by atoms with Gasteiger partial charge in [-0.05, 0) is 44.0 Å². The Balaban J connectivity index is 2.04. The van der Waals surface area contributed by atoms with Crippen molar-refractivity contribution in [1.82, 2.24) is 15.3 Å². The molecule has 0 radical (unpaired) electrons. The molecule has 0 unspecified atom stereocenters. The molecular weight excluding hydrogens is 583 g/mol. The monoisotopic (exact) mass is 600 g/mol. The molecule has 2 atom stereocenters. The third kappa shape index (κ3) is 6.61. The molecule has 1 fully saturated rings. The van der Waals surface area contributed by atoms with Crippen LogP contribution in [0.4, 0.5) is 42.7 Å². The van der Waals surface area contributed by atoms with Gasteiger partial charge in [0.25, 0.3) is 17.4 Å². The van der Waals surface area contributed by atoms with Crippen LogP contribution in [0, 0.1) is 0 Å². The fraction of sp³-hybridized carbons (Fsp3) is 0.400. The van der Waals surface area contributed by atoms with E-state index in [-0.39, 0.29) is 30.5 Å². The molecule has 1 heterocycles. The fourth-order valence-electron chi connectivity index (χ4n) is 3.76. The van der Waals surface area contributed by atoms with Gasteiger partial charge in [0.05, 0.1) is 6.10 Å². The average Bonchev–Trinajstić information content (AvgIpc) is 2.76. The predicted molar refractivity (Wildman–Crippen MR) is 118 cm³/mol. The quantitative estimate of drug-likeness (QED) is 0.292. The molecule has 1 aromatic carbocycles. The van der Waals surface area contributed by atoms with Crippen LogP contribution < -0.4 is 10.2 Å². The van der Waals surface area contributed by atoms with Crippen molar-refractivity contribution in [2.24, 2.45) is 0 Å². The summed E-state index contributed by atoms with van der Waals surface area (Å²) in [4.78, 5) is 31.7. The van der Waals surface area contributed by atoms with E-state index in [1.54, 1.807) is 0 Å². The number of ether oxygens (including phenoxy) is 1. The van der Waals surface area contributed by atoms with Crippen molar-refractivity contribution in [2.75, 3.05) is 4.90 Å². The summed E-state index contributed by atoms with van der Waals surface area (Å²) >= 11 is 5.31. The zero-order chi connectivity index (χ0) is 28.8. The Morgan fingerprint density at radius 3 is 2.05 bits per heavy atom. The van der Waals surface area contributed by atoms with Crippen molar-refractivity contribution in [3.05, 3.63) is 48.5 Å². The molecule has 1 N–H and O–H groups in total. The molecule has 1 saturated carbocycles. The van der Waals surface area contributed by atoms with Gasteiger partial charge in [0.15, 0.2) is 5.54 Å². The maximum absolute atomic E-state index is 14.1.